The van der Waals surface area contributed by atoms with Gasteiger partial charge in [0, 0.05) is 13.2 Å². The molecule has 2 rings (SSSR count). The van der Waals surface area contributed by atoms with E-state index >= 15 is 0 Å². The van der Waals surface area contributed by atoms with Crippen molar-refractivity contribution in [3.05, 3.63) is 71.8 Å². The molecule has 0 aliphatic heterocycles. The zero-order chi connectivity index (χ0) is 22.4. The maximum atomic E-state index is 11.8. The summed E-state index contributed by atoms with van der Waals surface area (Å²) in [7, 11) is 0. The molecule has 168 valence electrons. The molecule has 0 unspecified atom stereocenters. The highest BCUT2D eigenvalue weighted by Crippen LogP contribution is 2.32. The van der Waals surface area contributed by atoms with Gasteiger partial charge in [0.05, 0.1) is 13.2 Å². The van der Waals surface area contributed by atoms with E-state index in [1.165, 1.54) is 0 Å². The molecule has 0 atom stereocenters. The van der Waals surface area contributed by atoms with Crippen LogP contribution in [0.5, 0.6) is 0 Å². The van der Waals surface area contributed by atoms with Gasteiger partial charge in [-0.2, -0.15) is 0 Å². The molecule has 0 amide bonds. The lowest BCUT2D eigenvalue weighted by atomic mass is 9.78. The van der Waals surface area contributed by atoms with Gasteiger partial charge < -0.3 is 19.7 Å². The van der Waals surface area contributed by atoms with Gasteiger partial charge in [0.1, 0.15) is 0 Å². The molecule has 0 heterocycles. The van der Waals surface area contributed by atoms with E-state index in [1.54, 1.807) is 0 Å². The number of ether oxygens (including phenoxy) is 2. The summed E-state index contributed by atoms with van der Waals surface area (Å²) in [5.74, 6) is -2.54. The molecule has 0 aromatic heterocycles. The molecule has 2 aromatic carbocycles. The molecule has 6 heteroatoms. The van der Waals surface area contributed by atoms with E-state index in [9.17, 15) is 19.8 Å². The van der Waals surface area contributed by atoms with Gasteiger partial charge in [-0.15, -0.1) is 0 Å². The molecule has 31 heavy (non-hydrogen) atoms. The van der Waals surface area contributed by atoms with Crippen molar-refractivity contribution in [3.8, 4) is 0 Å². The topological polar surface area (TPSA) is 93.1 Å². The molecular formula is C25H32O6. The van der Waals surface area contributed by atoms with Crippen LogP contribution in [0.15, 0.2) is 60.7 Å². The lowest BCUT2D eigenvalue weighted by molar-refractivity contribution is -0.166. The summed E-state index contributed by atoms with van der Waals surface area (Å²) in [6, 6.07) is 19.6. The maximum absolute atomic E-state index is 11.8. The summed E-state index contributed by atoms with van der Waals surface area (Å²) in [4.78, 5) is 23.7. The van der Waals surface area contributed by atoms with Gasteiger partial charge in [-0.25, -0.2) is 0 Å². The minimum atomic E-state index is -1.75. The number of hydrogen-bond donors (Lipinski definition) is 2. The Morgan fingerprint density at radius 1 is 0.645 bits per heavy atom. The average Bonchev–Trinajstić information content (AvgIpc) is 2.78. The van der Waals surface area contributed by atoms with E-state index in [1.807, 2.05) is 60.7 Å². The Morgan fingerprint density at radius 2 is 1.03 bits per heavy atom. The molecule has 0 radical (unpaired) electrons. The Kier molecular flexibility index (Phi) is 10.8. The molecule has 0 spiro atoms. The Hall–Kier alpha value is -2.70. The highest BCUT2D eigenvalue weighted by atomic mass is 16.5. The molecule has 6 nitrogen and oxygen atoms in total. The standard InChI is InChI=1S/C25H32O6/c26-23(27)25(24(28)29,15-7-9-17-30-19-21-11-3-1-4-12-21)16-8-10-18-31-20-22-13-5-2-6-14-22/h1-6,11-14H,7-10,15-20H2,(H,26,27)(H,28,29). The van der Waals surface area contributed by atoms with E-state index in [0.29, 0.717) is 52.1 Å². The van der Waals surface area contributed by atoms with Gasteiger partial charge in [0.2, 0.25) is 0 Å². The second kappa shape index (κ2) is 13.6. The molecule has 0 saturated heterocycles. The second-order valence-corrected chi connectivity index (χ2v) is 7.68. The summed E-state index contributed by atoms with van der Waals surface area (Å²) >= 11 is 0. The third-order valence-corrected chi connectivity index (χ3v) is 5.33. The van der Waals surface area contributed by atoms with Crippen LogP contribution in [-0.4, -0.2) is 35.4 Å². The van der Waals surface area contributed by atoms with Gasteiger partial charge >= 0.3 is 11.9 Å². The first-order valence-corrected chi connectivity index (χ1v) is 10.7. The van der Waals surface area contributed by atoms with Gasteiger partial charge in [0.25, 0.3) is 0 Å². The van der Waals surface area contributed by atoms with Crippen molar-refractivity contribution >= 4 is 11.9 Å². The highest BCUT2D eigenvalue weighted by Gasteiger charge is 2.45. The fourth-order valence-electron chi connectivity index (χ4n) is 3.43. The van der Waals surface area contributed by atoms with Crippen LogP contribution in [0.25, 0.3) is 0 Å². The minimum absolute atomic E-state index is 0.0945. The number of aliphatic carboxylic acids is 2. The Bertz CT molecular complexity index is 708. The van der Waals surface area contributed by atoms with E-state index in [4.69, 9.17) is 9.47 Å². The second-order valence-electron chi connectivity index (χ2n) is 7.68. The third kappa shape index (κ3) is 8.52. The monoisotopic (exact) mass is 428 g/mol. The smallest absolute Gasteiger partial charge is 0.321 e. The Balaban J connectivity index is 1.68. The van der Waals surface area contributed by atoms with Crippen LogP contribution in [-0.2, 0) is 32.3 Å². The number of carboxylic acids is 2. The SMILES string of the molecule is O=C(O)C(CCCCOCc1ccccc1)(CCCCOCc1ccccc1)C(=O)O. The van der Waals surface area contributed by atoms with Crippen molar-refractivity contribution in [1.29, 1.82) is 0 Å². The van der Waals surface area contributed by atoms with E-state index < -0.39 is 17.4 Å². The van der Waals surface area contributed by atoms with Crippen LogP contribution < -0.4 is 0 Å². The zero-order valence-electron chi connectivity index (χ0n) is 17.9. The first-order valence-electron chi connectivity index (χ1n) is 10.7. The van der Waals surface area contributed by atoms with Crippen LogP contribution in [0.1, 0.15) is 49.7 Å². The molecule has 0 fully saturated rings. The van der Waals surface area contributed by atoms with E-state index in [2.05, 4.69) is 0 Å². The molecule has 0 saturated carbocycles. The fraction of sp³-hybridized carbons (Fsp3) is 0.440. The number of rotatable bonds is 16. The molecule has 0 aliphatic rings. The quantitative estimate of drug-likeness (QED) is 0.291. The molecule has 0 aliphatic carbocycles. The maximum Gasteiger partial charge on any atom is 0.321 e. The van der Waals surface area contributed by atoms with Gasteiger partial charge in [-0.1, -0.05) is 60.7 Å². The normalized spacial score (nSPS) is 11.4. The minimum Gasteiger partial charge on any atom is -0.480 e. The Morgan fingerprint density at radius 3 is 1.39 bits per heavy atom. The van der Waals surface area contributed by atoms with Crippen molar-refractivity contribution in [2.24, 2.45) is 5.41 Å². The summed E-state index contributed by atoms with van der Waals surface area (Å²) in [5, 5.41) is 19.3. The summed E-state index contributed by atoms with van der Waals surface area (Å²) in [5.41, 5.74) is 0.392. The van der Waals surface area contributed by atoms with Gasteiger partial charge in [0.15, 0.2) is 5.41 Å². The van der Waals surface area contributed by atoms with E-state index in [-0.39, 0.29) is 12.8 Å². The van der Waals surface area contributed by atoms with E-state index in [0.717, 1.165) is 11.1 Å². The summed E-state index contributed by atoms with van der Waals surface area (Å²) in [6.07, 6.45) is 2.40. The summed E-state index contributed by atoms with van der Waals surface area (Å²) in [6.45, 7) is 1.93. The number of benzene rings is 2. The highest BCUT2D eigenvalue weighted by molar-refractivity contribution is 5.98. The first-order chi connectivity index (χ1) is 15.0. The average molecular weight is 429 g/mol. The van der Waals surface area contributed by atoms with Crippen LogP contribution in [0, 0.1) is 5.41 Å². The third-order valence-electron chi connectivity index (χ3n) is 5.33. The molecular weight excluding hydrogens is 396 g/mol. The molecule has 2 aromatic rings. The number of carboxylic acid groups (broad SMARTS) is 2. The fourth-order valence-corrected chi connectivity index (χ4v) is 3.43. The van der Waals surface area contributed by atoms with Crippen molar-refractivity contribution in [2.45, 2.75) is 51.7 Å². The lowest BCUT2D eigenvalue weighted by Gasteiger charge is -2.25. The van der Waals surface area contributed by atoms with Crippen LogP contribution in [0.2, 0.25) is 0 Å². The lowest BCUT2D eigenvalue weighted by Crippen LogP contribution is -2.39. The zero-order valence-corrected chi connectivity index (χ0v) is 17.9. The van der Waals surface area contributed by atoms with Crippen LogP contribution in [0.3, 0.4) is 0 Å². The number of carbonyl (C=O) groups is 2. The van der Waals surface area contributed by atoms with Crippen molar-refractivity contribution < 1.29 is 29.3 Å². The predicted molar refractivity (Wildman–Crippen MR) is 118 cm³/mol. The van der Waals surface area contributed by atoms with Crippen LogP contribution >= 0.6 is 0 Å². The molecule has 2 N–H and O–H groups in total. The van der Waals surface area contributed by atoms with Crippen molar-refractivity contribution in [2.75, 3.05) is 13.2 Å². The van der Waals surface area contributed by atoms with Crippen LogP contribution in [0.4, 0.5) is 0 Å². The predicted octanol–water partition coefficient (Wildman–Crippen LogP) is 4.92. The number of unbranched alkanes of at least 4 members (excludes halogenated alkanes) is 2. The molecule has 0 bridgehead atoms. The first kappa shape index (κ1) is 24.6. The van der Waals surface area contributed by atoms with Crippen molar-refractivity contribution in [1.82, 2.24) is 0 Å². The van der Waals surface area contributed by atoms with Crippen molar-refractivity contribution in [3.63, 3.8) is 0 Å². The Labute approximate surface area is 183 Å². The largest absolute Gasteiger partial charge is 0.480 e. The van der Waals surface area contributed by atoms with Gasteiger partial charge in [-0.05, 0) is 49.7 Å². The number of hydrogen-bond acceptors (Lipinski definition) is 4. The van der Waals surface area contributed by atoms with Gasteiger partial charge in [-0.3, -0.25) is 9.59 Å². The summed E-state index contributed by atoms with van der Waals surface area (Å²) < 4.78 is 11.2.